The van der Waals surface area contributed by atoms with Crippen LogP contribution in [0.2, 0.25) is 0 Å². The van der Waals surface area contributed by atoms with E-state index in [1.165, 1.54) is 4.31 Å². The zero-order valence-electron chi connectivity index (χ0n) is 14.3. The van der Waals surface area contributed by atoms with Crippen molar-refractivity contribution in [1.82, 2.24) is 4.98 Å². The fraction of sp³-hybridized carbons (Fsp3) is 0.333. The van der Waals surface area contributed by atoms with Gasteiger partial charge in [-0.05, 0) is 44.0 Å². The molecule has 2 heterocycles. The van der Waals surface area contributed by atoms with E-state index in [4.69, 9.17) is 0 Å². The van der Waals surface area contributed by atoms with Crippen LogP contribution < -0.4 is 9.62 Å². The van der Waals surface area contributed by atoms with Gasteiger partial charge in [-0.1, -0.05) is 12.1 Å². The molecule has 3 rings (SSSR count). The van der Waals surface area contributed by atoms with E-state index in [-0.39, 0.29) is 5.75 Å². The van der Waals surface area contributed by atoms with Crippen molar-refractivity contribution in [3.63, 3.8) is 0 Å². The van der Waals surface area contributed by atoms with Crippen molar-refractivity contribution >= 4 is 21.4 Å². The molecule has 25 heavy (non-hydrogen) atoms. The number of aryl methyl sites for hydroxylation is 2. The summed E-state index contributed by atoms with van der Waals surface area (Å²) in [6.07, 6.45) is 0.659. The SMILES string of the molecule is Cc1cc(NCc2cccc(N3CCCS3(=O)=O)c2)c(C#N)c(C)n1. The maximum atomic E-state index is 12.1. The second-order valence-electron chi connectivity index (χ2n) is 6.15. The number of hydrogen-bond acceptors (Lipinski definition) is 5. The topological polar surface area (TPSA) is 86.1 Å². The third-order valence-corrected chi connectivity index (χ3v) is 6.09. The van der Waals surface area contributed by atoms with Gasteiger partial charge in [-0.3, -0.25) is 9.29 Å². The molecule has 1 aromatic carbocycles. The lowest BCUT2D eigenvalue weighted by molar-refractivity contribution is 0.599. The number of pyridine rings is 1. The molecule has 1 aliphatic heterocycles. The number of hydrogen-bond donors (Lipinski definition) is 1. The summed E-state index contributed by atoms with van der Waals surface area (Å²) >= 11 is 0. The molecular weight excluding hydrogens is 336 g/mol. The Morgan fingerprint density at radius 2 is 2.12 bits per heavy atom. The first kappa shape index (κ1) is 17.2. The normalized spacial score (nSPS) is 15.8. The Kier molecular flexibility index (Phi) is 4.64. The van der Waals surface area contributed by atoms with Gasteiger partial charge in [-0.25, -0.2) is 8.42 Å². The monoisotopic (exact) mass is 356 g/mol. The van der Waals surface area contributed by atoms with E-state index < -0.39 is 10.0 Å². The first-order valence-corrected chi connectivity index (χ1v) is 9.73. The number of nitrogens with one attached hydrogen (secondary N) is 1. The van der Waals surface area contributed by atoms with Crippen molar-refractivity contribution in [2.24, 2.45) is 0 Å². The lowest BCUT2D eigenvalue weighted by Crippen LogP contribution is -2.25. The van der Waals surface area contributed by atoms with Gasteiger partial charge in [-0.2, -0.15) is 5.26 Å². The number of nitriles is 1. The molecule has 1 N–H and O–H groups in total. The Balaban J connectivity index is 1.82. The molecule has 0 bridgehead atoms. The summed E-state index contributed by atoms with van der Waals surface area (Å²) in [6, 6.07) is 11.5. The first-order chi connectivity index (χ1) is 11.9. The lowest BCUT2D eigenvalue weighted by atomic mass is 10.1. The van der Waals surface area contributed by atoms with E-state index in [0.29, 0.717) is 36.5 Å². The number of anilines is 2. The van der Waals surface area contributed by atoms with Crippen molar-refractivity contribution in [2.45, 2.75) is 26.8 Å². The summed E-state index contributed by atoms with van der Waals surface area (Å²) in [5.74, 6) is 0.205. The van der Waals surface area contributed by atoms with Crippen molar-refractivity contribution < 1.29 is 8.42 Å². The summed E-state index contributed by atoms with van der Waals surface area (Å²) in [7, 11) is -3.18. The highest BCUT2D eigenvalue weighted by Crippen LogP contribution is 2.25. The Hall–Kier alpha value is -2.59. The molecule has 1 fully saturated rings. The molecule has 0 radical (unpaired) electrons. The average molecular weight is 356 g/mol. The van der Waals surface area contributed by atoms with Crippen LogP contribution >= 0.6 is 0 Å². The lowest BCUT2D eigenvalue weighted by Gasteiger charge is -2.18. The maximum absolute atomic E-state index is 12.1. The fourth-order valence-electron chi connectivity index (χ4n) is 3.06. The van der Waals surface area contributed by atoms with Gasteiger partial charge in [0, 0.05) is 18.8 Å². The van der Waals surface area contributed by atoms with Crippen molar-refractivity contribution in [3.05, 3.63) is 52.8 Å². The van der Waals surface area contributed by atoms with Gasteiger partial charge in [0.1, 0.15) is 6.07 Å². The zero-order chi connectivity index (χ0) is 18.0. The Morgan fingerprint density at radius 3 is 2.80 bits per heavy atom. The van der Waals surface area contributed by atoms with E-state index in [2.05, 4.69) is 16.4 Å². The van der Waals surface area contributed by atoms with Gasteiger partial charge >= 0.3 is 0 Å². The van der Waals surface area contributed by atoms with E-state index in [1.807, 2.05) is 44.2 Å². The third-order valence-electron chi connectivity index (χ3n) is 4.22. The zero-order valence-corrected chi connectivity index (χ0v) is 15.1. The van der Waals surface area contributed by atoms with Crippen LogP contribution in [-0.4, -0.2) is 25.7 Å². The highest BCUT2D eigenvalue weighted by Gasteiger charge is 2.28. The molecule has 0 amide bonds. The van der Waals surface area contributed by atoms with Crippen LogP contribution in [0.5, 0.6) is 0 Å². The molecule has 0 saturated carbocycles. The number of rotatable bonds is 4. The van der Waals surface area contributed by atoms with E-state index >= 15 is 0 Å². The van der Waals surface area contributed by atoms with Crippen LogP contribution in [0.15, 0.2) is 30.3 Å². The van der Waals surface area contributed by atoms with Gasteiger partial charge in [0.2, 0.25) is 10.0 Å². The minimum atomic E-state index is -3.18. The molecule has 1 aromatic heterocycles. The van der Waals surface area contributed by atoms with E-state index in [1.54, 1.807) is 0 Å². The molecule has 6 nitrogen and oxygen atoms in total. The fourth-order valence-corrected chi connectivity index (χ4v) is 4.61. The van der Waals surface area contributed by atoms with E-state index in [9.17, 15) is 13.7 Å². The van der Waals surface area contributed by atoms with E-state index in [0.717, 1.165) is 16.9 Å². The van der Waals surface area contributed by atoms with Crippen LogP contribution in [0.4, 0.5) is 11.4 Å². The molecule has 0 unspecified atom stereocenters. The van der Waals surface area contributed by atoms with Gasteiger partial charge in [0.25, 0.3) is 0 Å². The highest BCUT2D eigenvalue weighted by atomic mass is 32.2. The summed E-state index contributed by atoms with van der Waals surface area (Å²) in [5, 5.41) is 12.6. The maximum Gasteiger partial charge on any atom is 0.235 e. The van der Waals surface area contributed by atoms with Crippen molar-refractivity contribution in [2.75, 3.05) is 21.9 Å². The van der Waals surface area contributed by atoms with Crippen LogP contribution in [0.3, 0.4) is 0 Å². The molecular formula is C18H20N4O2S. The van der Waals surface area contributed by atoms with Crippen LogP contribution in [0.1, 0.15) is 28.9 Å². The predicted octanol–water partition coefficient (Wildman–Crippen LogP) is 2.72. The second-order valence-corrected chi connectivity index (χ2v) is 8.16. The number of benzene rings is 1. The molecule has 1 saturated heterocycles. The van der Waals surface area contributed by atoms with Gasteiger partial charge < -0.3 is 5.32 Å². The smallest absolute Gasteiger partial charge is 0.235 e. The molecule has 2 aromatic rings. The van der Waals surface area contributed by atoms with Crippen molar-refractivity contribution in [3.8, 4) is 6.07 Å². The molecule has 0 atom stereocenters. The number of aromatic nitrogens is 1. The highest BCUT2D eigenvalue weighted by molar-refractivity contribution is 7.93. The third kappa shape index (κ3) is 3.59. The average Bonchev–Trinajstić information content (AvgIpc) is 2.92. The Labute approximate surface area is 148 Å². The summed E-state index contributed by atoms with van der Waals surface area (Å²) < 4.78 is 25.6. The minimum Gasteiger partial charge on any atom is -0.380 e. The van der Waals surface area contributed by atoms with Crippen molar-refractivity contribution in [1.29, 1.82) is 5.26 Å². The summed E-state index contributed by atoms with van der Waals surface area (Å²) in [5.41, 5.74) is 4.46. The van der Waals surface area contributed by atoms with Crippen LogP contribution in [-0.2, 0) is 16.6 Å². The molecule has 0 spiro atoms. The second kappa shape index (κ2) is 6.73. The van der Waals surface area contributed by atoms with Gasteiger partial charge in [0.15, 0.2) is 0 Å². The standard InChI is InChI=1S/C18H20N4O2S/c1-13-9-18(17(11-19)14(2)21-13)20-12-15-5-3-6-16(10-15)22-7-4-8-25(22,23)24/h3,5-6,9-10H,4,7-8,12H2,1-2H3,(H,20,21). The summed E-state index contributed by atoms with van der Waals surface area (Å²) in [4.78, 5) is 4.31. The Morgan fingerprint density at radius 1 is 1.32 bits per heavy atom. The summed E-state index contributed by atoms with van der Waals surface area (Å²) in [6.45, 7) is 4.73. The van der Waals surface area contributed by atoms with Crippen LogP contribution in [0, 0.1) is 25.2 Å². The number of sulfonamides is 1. The van der Waals surface area contributed by atoms with Gasteiger partial charge in [0.05, 0.1) is 28.4 Å². The first-order valence-electron chi connectivity index (χ1n) is 8.12. The quantitative estimate of drug-likeness (QED) is 0.910. The minimum absolute atomic E-state index is 0.205. The molecule has 130 valence electrons. The van der Waals surface area contributed by atoms with Gasteiger partial charge in [-0.15, -0.1) is 0 Å². The molecule has 7 heteroatoms. The molecule has 1 aliphatic rings. The molecule has 0 aliphatic carbocycles. The largest absolute Gasteiger partial charge is 0.380 e. The predicted molar refractivity (Wildman–Crippen MR) is 97.9 cm³/mol. The van der Waals surface area contributed by atoms with Crippen LogP contribution in [0.25, 0.3) is 0 Å². The Bertz CT molecular complexity index is 948. The number of nitrogens with zero attached hydrogens (tertiary/aromatic N) is 3.